The Balaban J connectivity index is 1.65. The molecular formula is C20H23NO3S. The predicted molar refractivity (Wildman–Crippen MR) is 99.1 cm³/mol. The van der Waals surface area contributed by atoms with E-state index in [-0.39, 0.29) is 17.4 Å². The fourth-order valence-electron chi connectivity index (χ4n) is 3.09. The normalized spacial score (nSPS) is 14.7. The van der Waals surface area contributed by atoms with E-state index in [4.69, 9.17) is 0 Å². The first-order valence-electron chi connectivity index (χ1n) is 8.57. The minimum atomic E-state index is -3.24. The van der Waals surface area contributed by atoms with Crippen molar-refractivity contribution in [3.8, 4) is 0 Å². The number of sulfone groups is 1. The summed E-state index contributed by atoms with van der Waals surface area (Å²) in [7, 11) is -3.24. The second-order valence-electron chi connectivity index (χ2n) is 6.71. The molecule has 0 bridgehead atoms. The number of carbonyl (C=O) groups is 1. The summed E-state index contributed by atoms with van der Waals surface area (Å²) in [6, 6.07) is 14.5. The minimum Gasteiger partial charge on any atom is -0.339 e. The van der Waals surface area contributed by atoms with Crippen molar-refractivity contribution in [3.63, 3.8) is 0 Å². The van der Waals surface area contributed by atoms with Crippen LogP contribution in [0, 0.1) is 6.92 Å². The lowest BCUT2D eigenvalue weighted by molar-refractivity contribution is 0.0793. The zero-order valence-electron chi connectivity index (χ0n) is 14.4. The van der Waals surface area contributed by atoms with Gasteiger partial charge in [-0.1, -0.05) is 42.0 Å². The van der Waals surface area contributed by atoms with Crippen LogP contribution in [-0.2, 0) is 21.3 Å². The van der Waals surface area contributed by atoms with Crippen molar-refractivity contribution in [3.05, 3.63) is 70.8 Å². The van der Waals surface area contributed by atoms with Crippen LogP contribution < -0.4 is 0 Å². The minimum absolute atomic E-state index is 0.0148. The van der Waals surface area contributed by atoms with Crippen LogP contribution in [0.4, 0.5) is 0 Å². The third-order valence-corrected chi connectivity index (χ3v) is 6.03. The number of nitrogens with zero attached hydrogens (tertiary/aromatic N) is 1. The zero-order valence-corrected chi connectivity index (χ0v) is 15.3. The third kappa shape index (κ3) is 4.69. The summed E-state index contributed by atoms with van der Waals surface area (Å²) < 4.78 is 24.8. The molecule has 1 fully saturated rings. The monoisotopic (exact) mass is 357 g/mol. The molecule has 0 radical (unpaired) electrons. The Hall–Kier alpha value is -2.14. The highest BCUT2D eigenvalue weighted by atomic mass is 32.2. The maximum atomic E-state index is 12.4. The molecule has 2 aromatic rings. The first-order valence-corrected chi connectivity index (χ1v) is 10.4. The SMILES string of the molecule is Cc1ccc(CS(=O)(=O)Cc2ccc(C(=O)N3CCCC3)cc2)cc1. The van der Waals surface area contributed by atoms with Gasteiger partial charge in [-0.15, -0.1) is 0 Å². The molecule has 1 amide bonds. The molecule has 2 aromatic carbocycles. The predicted octanol–water partition coefficient (Wildman–Crippen LogP) is 3.35. The molecule has 25 heavy (non-hydrogen) atoms. The van der Waals surface area contributed by atoms with Crippen LogP contribution in [0.2, 0.25) is 0 Å². The van der Waals surface area contributed by atoms with Gasteiger partial charge in [0.05, 0.1) is 11.5 Å². The molecule has 0 spiro atoms. The number of carbonyl (C=O) groups excluding carboxylic acids is 1. The quantitative estimate of drug-likeness (QED) is 0.825. The van der Waals surface area contributed by atoms with E-state index >= 15 is 0 Å². The standard InChI is InChI=1S/C20H23NO3S/c1-16-4-6-17(7-5-16)14-25(23,24)15-18-8-10-19(11-9-18)20(22)21-12-2-3-13-21/h4-11H,2-3,12-15H2,1H3. The second kappa shape index (κ2) is 7.40. The maximum Gasteiger partial charge on any atom is 0.253 e. The molecule has 0 aliphatic carbocycles. The molecule has 1 saturated heterocycles. The van der Waals surface area contributed by atoms with Gasteiger partial charge in [-0.25, -0.2) is 8.42 Å². The fourth-order valence-corrected chi connectivity index (χ4v) is 4.59. The van der Waals surface area contributed by atoms with Gasteiger partial charge in [-0.2, -0.15) is 0 Å². The molecule has 1 heterocycles. The number of rotatable bonds is 5. The molecule has 1 aliphatic rings. The van der Waals surface area contributed by atoms with E-state index < -0.39 is 9.84 Å². The highest BCUT2D eigenvalue weighted by molar-refractivity contribution is 7.89. The summed E-state index contributed by atoms with van der Waals surface area (Å²) in [5, 5.41) is 0. The van der Waals surface area contributed by atoms with Gasteiger partial charge in [-0.05, 0) is 43.0 Å². The number of amides is 1. The molecule has 0 unspecified atom stereocenters. The number of hydrogen-bond acceptors (Lipinski definition) is 3. The second-order valence-corrected chi connectivity index (χ2v) is 8.78. The smallest absolute Gasteiger partial charge is 0.253 e. The van der Waals surface area contributed by atoms with Crippen LogP contribution in [0.25, 0.3) is 0 Å². The largest absolute Gasteiger partial charge is 0.339 e. The van der Waals surface area contributed by atoms with E-state index in [0.29, 0.717) is 11.1 Å². The van der Waals surface area contributed by atoms with E-state index in [1.807, 2.05) is 36.1 Å². The maximum absolute atomic E-state index is 12.4. The molecule has 4 nitrogen and oxygen atoms in total. The third-order valence-electron chi connectivity index (χ3n) is 4.49. The van der Waals surface area contributed by atoms with Crippen molar-refractivity contribution in [2.45, 2.75) is 31.3 Å². The Morgan fingerprint density at radius 2 is 1.36 bits per heavy atom. The van der Waals surface area contributed by atoms with Crippen molar-refractivity contribution < 1.29 is 13.2 Å². The van der Waals surface area contributed by atoms with E-state index in [0.717, 1.165) is 37.1 Å². The van der Waals surface area contributed by atoms with E-state index in [2.05, 4.69) is 0 Å². The molecule has 5 heteroatoms. The van der Waals surface area contributed by atoms with Crippen LogP contribution in [0.3, 0.4) is 0 Å². The number of hydrogen-bond donors (Lipinski definition) is 0. The van der Waals surface area contributed by atoms with Gasteiger partial charge in [-0.3, -0.25) is 4.79 Å². The number of aryl methyl sites for hydroxylation is 1. The number of likely N-dealkylation sites (tertiary alicyclic amines) is 1. The number of benzene rings is 2. The lowest BCUT2D eigenvalue weighted by atomic mass is 10.1. The Morgan fingerprint density at radius 3 is 1.88 bits per heavy atom. The van der Waals surface area contributed by atoms with Gasteiger partial charge in [0.15, 0.2) is 9.84 Å². The zero-order chi connectivity index (χ0) is 17.9. The summed E-state index contributed by atoms with van der Waals surface area (Å²) in [6.45, 7) is 3.60. The lowest BCUT2D eigenvalue weighted by Gasteiger charge is -2.15. The Kier molecular flexibility index (Phi) is 5.23. The van der Waals surface area contributed by atoms with Crippen LogP contribution in [0.1, 0.15) is 39.9 Å². The van der Waals surface area contributed by atoms with Gasteiger partial charge in [0.2, 0.25) is 0 Å². The average molecular weight is 357 g/mol. The highest BCUT2D eigenvalue weighted by Crippen LogP contribution is 2.16. The van der Waals surface area contributed by atoms with Gasteiger partial charge >= 0.3 is 0 Å². The van der Waals surface area contributed by atoms with Gasteiger partial charge in [0.25, 0.3) is 5.91 Å². The summed E-state index contributed by atoms with van der Waals surface area (Å²) in [5.41, 5.74) is 3.25. The molecule has 1 aliphatic heterocycles. The molecule has 0 saturated carbocycles. The first kappa shape index (κ1) is 17.7. The molecule has 0 aromatic heterocycles. The Morgan fingerprint density at radius 1 is 0.880 bits per heavy atom. The van der Waals surface area contributed by atoms with Crippen molar-refractivity contribution in [2.75, 3.05) is 13.1 Å². The van der Waals surface area contributed by atoms with Crippen molar-refractivity contribution in [1.82, 2.24) is 4.90 Å². The van der Waals surface area contributed by atoms with Gasteiger partial charge < -0.3 is 4.90 Å². The van der Waals surface area contributed by atoms with Crippen molar-refractivity contribution in [1.29, 1.82) is 0 Å². The van der Waals surface area contributed by atoms with Crippen LogP contribution in [0.15, 0.2) is 48.5 Å². The van der Waals surface area contributed by atoms with Crippen molar-refractivity contribution in [2.24, 2.45) is 0 Å². The lowest BCUT2D eigenvalue weighted by Crippen LogP contribution is -2.27. The highest BCUT2D eigenvalue weighted by Gasteiger charge is 2.19. The summed E-state index contributed by atoms with van der Waals surface area (Å²) in [5.74, 6) is 0.0485. The van der Waals surface area contributed by atoms with Gasteiger partial charge in [0, 0.05) is 18.7 Å². The summed E-state index contributed by atoms with van der Waals surface area (Å²) in [4.78, 5) is 14.2. The van der Waals surface area contributed by atoms with Crippen LogP contribution in [0.5, 0.6) is 0 Å². The van der Waals surface area contributed by atoms with Crippen molar-refractivity contribution >= 4 is 15.7 Å². The van der Waals surface area contributed by atoms with E-state index in [1.165, 1.54) is 0 Å². The Bertz CT molecular complexity index is 834. The molecular weight excluding hydrogens is 334 g/mol. The topological polar surface area (TPSA) is 54.5 Å². The van der Waals surface area contributed by atoms with E-state index in [9.17, 15) is 13.2 Å². The molecule has 0 N–H and O–H groups in total. The van der Waals surface area contributed by atoms with Gasteiger partial charge in [0.1, 0.15) is 0 Å². The van der Waals surface area contributed by atoms with E-state index in [1.54, 1.807) is 24.3 Å². The fraction of sp³-hybridized carbons (Fsp3) is 0.350. The first-order chi connectivity index (χ1) is 11.9. The molecule has 0 atom stereocenters. The molecule has 132 valence electrons. The average Bonchev–Trinajstić information content (AvgIpc) is 3.11. The summed E-state index contributed by atoms with van der Waals surface area (Å²) >= 11 is 0. The van der Waals surface area contributed by atoms with Crippen LogP contribution >= 0.6 is 0 Å². The van der Waals surface area contributed by atoms with Crippen LogP contribution in [-0.4, -0.2) is 32.3 Å². The Labute approximate surface area is 149 Å². The molecule has 3 rings (SSSR count). The summed E-state index contributed by atoms with van der Waals surface area (Å²) in [6.07, 6.45) is 2.11.